The summed E-state index contributed by atoms with van der Waals surface area (Å²) in [5, 5.41) is 7.68. The zero-order valence-electron chi connectivity index (χ0n) is 15.2. The minimum Gasteiger partial charge on any atom is -0.346 e. The van der Waals surface area contributed by atoms with Crippen LogP contribution in [0, 0.1) is 0 Å². The highest BCUT2D eigenvalue weighted by atomic mass is 16.1. The number of hydrogen-bond donors (Lipinski definition) is 1. The van der Waals surface area contributed by atoms with E-state index in [1.165, 1.54) is 44.3 Å². The van der Waals surface area contributed by atoms with Gasteiger partial charge in [0.25, 0.3) is 5.91 Å². The van der Waals surface area contributed by atoms with E-state index in [-0.39, 0.29) is 5.91 Å². The Morgan fingerprint density at radius 1 is 1.12 bits per heavy atom. The number of fused-ring (bicyclic) bond motifs is 1. The van der Waals surface area contributed by atoms with Gasteiger partial charge in [0.1, 0.15) is 0 Å². The first kappa shape index (κ1) is 17.2. The first-order valence-corrected chi connectivity index (χ1v) is 9.77. The van der Waals surface area contributed by atoms with Crippen LogP contribution in [0.1, 0.15) is 60.3 Å². The molecule has 0 radical (unpaired) electrons. The SMILES string of the molecule is O=C(NCc1cc2n(n1)CCCN(C1CCCCC1)C2)c1ccncc1. The predicted molar refractivity (Wildman–Crippen MR) is 99.5 cm³/mol. The second kappa shape index (κ2) is 7.99. The number of nitrogens with one attached hydrogen (secondary N) is 1. The Balaban J connectivity index is 1.39. The minimum atomic E-state index is -0.0839. The van der Waals surface area contributed by atoms with Gasteiger partial charge in [0.15, 0.2) is 0 Å². The average Bonchev–Trinajstić information content (AvgIpc) is 2.97. The molecule has 6 nitrogen and oxygen atoms in total. The Morgan fingerprint density at radius 3 is 2.73 bits per heavy atom. The Labute approximate surface area is 154 Å². The number of carbonyl (C=O) groups is 1. The number of amides is 1. The maximum absolute atomic E-state index is 12.2. The van der Waals surface area contributed by atoms with E-state index < -0.39 is 0 Å². The van der Waals surface area contributed by atoms with Crippen molar-refractivity contribution in [3.8, 4) is 0 Å². The molecule has 1 saturated carbocycles. The number of aryl methyl sites for hydroxylation is 1. The monoisotopic (exact) mass is 353 g/mol. The average molecular weight is 353 g/mol. The molecule has 0 atom stereocenters. The molecule has 4 rings (SSSR count). The lowest BCUT2D eigenvalue weighted by molar-refractivity contribution is 0.0950. The van der Waals surface area contributed by atoms with Gasteiger partial charge >= 0.3 is 0 Å². The van der Waals surface area contributed by atoms with Gasteiger partial charge in [0, 0.05) is 43.6 Å². The van der Waals surface area contributed by atoms with Crippen LogP contribution in [0.2, 0.25) is 0 Å². The molecule has 138 valence electrons. The van der Waals surface area contributed by atoms with E-state index in [2.05, 4.69) is 25.9 Å². The molecule has 1 amide bonds. The smallest absolute Gasteiger partial charge is 0.251 e. The van der Waals surface area contributed by atoms with Crippen molar-refractivity contribution >= 4 is 5.91 Å². The third-order valence-corrected chi connectivity index (χ3v) is 5.56. The molecule has 3 heterocycles. The van der Waals surface area contributed by atoms with Crippen molar-refractivity contribution in [3.05, 3.63) is 47.5 Å². The zero-order chi connectivity index (χ0) is 17.8. The summed E-state index contributed by atoms with van der Waals surface area (Å²) in [6, 6.07) is 6.34. The fraction of sp³-hybridized carbons (Fsp3) is 0.550. The van der Waals surface area contributed by atoms with Crippen LogP contribution in [-0.2, 0) is 19.6 Å². The molecular weight excluding hydrogens is 326 g/mol. The van der Waals surface area contributed by atoms with Crippen LogP contribution in [0.25, 0.3) is 0 Å². The molecule has 0 unspecified atom stereocenters. The Morgan fingerprint density at radius 2 is 1.92 bits per heavy atom. The molecule has 0 spiro atoms. The van der Waals surface area contributed by atoms with Gasteiger partial charge in [-0.2, -0.15) is 5.10 Å². The van der Waals surface area contributed by atoms with Crippen molar-refractivity contribution in [1.29, 1.82) is 0 Å². The van der Waals surface area contributed by atoms with Crippen molar-refractivity contribution in [2.24, 2.45) is 0 Å². The van der Waals surface area contributed by atoms with Crippen LogP contribution in [0.3, 0.4) is 0 Å². The summed E-state index contributed by atoms with van der Waals surface area (Å²) in [6.45, 7) is 3.58. The van der Waals surface area contributed by atoms with E-state index >= 15 is 0 Å². The van der Waals surface area contributed by atoms with Gasteiger partial charge in [-0.05, 0) is 37.5 Å². The molecule has 1 aliphatic heterocycles. The second-order valence-electron chi connectivity index (χ2n) is 7.38. The van der Waals surface area contributed by atoms with Crippen molar-refractivity contribution < 1.29 is 4.79 Å². The molecule has 2 aromatic heterocycles. The van der Waals surface area contributed by atoms with Crippen molar-refractivity contribution in [2.75, 3.05) is 6.54 Å². The van der Waals surface area contributed by atoms with Gasteiger partial charge in [-0.25, -0.2) is 0 Å². The van der Waals surface area contributed by atoms with E-state index in [0.29, 0.717) is 12.1 Å². The van der Waals surface area contributed by atoms with E-state index in [0.717, 1.165) is 31.2 Å². The molecule has 1 aliphatic carbocycles. The third kappa shape index (κ3) is 3.96. The van der Waals surface area contributed by atoms with Gasteiger partial charge in [0.05, 0.1) is 17.9 Å². The summed E-state index contributed by atoms with van der Waals surface area (Å²) in [6.07, 6.45) is 11.2. The summed E-state index contributed by atoms with van der Waals surface area (Å²) in [4.78, 5) is 18.8. The Bertz CT molecular complexity index is 736. The molecule has 2 aliphatic rings. The maximum atomic E-state index is 12.2. The molecule has 6 heteroatoms. The fourth-order valence-corrected chi connectivity index (χ4v) is 4.17. The van der Waals surface area contributed by atoms with Crippen molar-refractivity contribution in [1.82, 2.24) is 25.0 Å². The lowest BCUT2D eigenvalue weighted by Gasteiger charge is -2.33. The highest BCUT2D eigenvalue weighted by molar-refractivity contribution is 5.93. The first-order chi connectivity index (χ1) is 12.8. The van der Waals surface area contributed by atoms with Gasteiger partial charge in [0.2, 0.25) is 0 Å². The largest absolute Gasteiger partial charge is 0.346 e. The van der Waals surface area contributed by atoms with Gasteiger partial charge < -0.3 is 5.32 Å². The summed E-state index contributed by atoms with van der Waals surface area (Å²) >= 11 is 0. The molecule has 2 aromatic rings. The highest BCUT2D eigenvalue weighted by Gasteiger charge is 2.24. The number of pyridine rings is 1. The summed E-state index contributed by atoms with van der Waals surface area (Å²) in [5.41, 5.74) is 2.85. The quantitative estimate of drug-likeness (QED) is 0.918. The highest BCUT2D eigenvalue weighted by Crippen LogP contribution is 2.26. The standard InChI is InChI=1S/C20H27N5O/c26-20(16-7-9-21-10-8-16)22-14-17-13-19-15-24(11-4-12-25(19)23-17)18-5-2-1-3-6-18/h7-10,13,18H,1-6,11-12,14-15H2,(H,22,26). The predicted octanol–water partition coefficient (Wildman–Crippen LogP) is 2.75. The van der Waals surface area contributed by atoms with Crippen LogP contribution in [0.4, 0.5) is 0 Å². The molecule has 1 N–H and O–H groups in total. The van der Waals surface area contributed by atoms with Crippen LogP contribution in [0.15, 0.2) is 30.6 Å². The van der Waals surface area contributed by atoms with Gasteiger partial charge in [-0.3, -0.25) is 19.4 Å². The number of carbonyl (C=O) groups excluding carboxylic acids is 1. The fourth-order valence-electron chi connectivity index (χ4n) is 4.17. The zero-order valence-corrected chi connectivity index (χ0v) is 15.2. The summed E-state index contributed by atoms with van der Waals surface area (Å²) in [5.74, 6) is -0.0839. The van der Waals surface area contributed by atoms with Gasteiger partial charge in [-0.1, -0.05) is 19.3 Å². The minimum absolute atomic E-state index is 0.0839. The van der Waals surface area contributed by atoms with E-state index in [1.54, 1.807) is 24.5 Å². The van der Waals surface area contributed by atoms with Crippen LogP contribution in [0.5, 0.6) is 0 Å². The molecular formula is C20H27N5O. The van der Waals surface area contributed by atoms with E-state index in [1.807, 2.05) is 0 Å². The molecule has 0 saturated heterocycles. The van der Waals surface area contributed by atoms with E-state index in [4.69, 9.17) is 5.10 Å². The Hall–Kier alpha value is -2.21. The lowest BCUT2D eigenvalue weighted by Crippen LogP contribution is -2.36. The summed E-state index contributed by atoms with van der Waals surface area (Å²) < 4.78 is 2.14. The number of rotatable bonds is 4. The number of hydrogen-bond acceptors (Lipinski definition) is 4. The molecule has 0 aromatic carbocycles. The maximum Gasteiger partial charge on any atom is 0.251 e. The van der Waals surface area contributed by atoms with Crippen LogP contribution >= 0.6 is 0 Å². The molecule has 0 bridgehead atoms. The topological polar surface area (TPSA) is 63.1 Å². The third-order valence-electron chi connectivity index (χ3n) is 5.56. The normalized spacial score (nSPS) is 18.9. The van der Waals surface area contributed by atoms with Crippen LogP contribution in [-0.4, -0.2) is 38.2 Å². The molecule has 26 heavy (non-hydrogen) atoms. The van der Waals surface area contributed by atoms with Crippen molar-refractivity contribution in [2.45, 2.75) is 64.2 Å². The second-order valence-corrected chi connectivity index (χ2v) is 7.38. The number of aromatic nitrogens is 3. The summed E-state index contributed by atoms with van der Waals surface area (Å²) in [7, 11) is 0. The van der Waals surface area contributed by atoms with E-state index in [9.17, 15) is 4.79 Å². The Kier molecular flexibility index (Phi) is 5.29. The lowest BCUT2D eigenvalue weighted by atomic mass is 9.94. The van der Waals surface area contributed by atoms with Crippen molar-refractivity contribution in [3.63, 3.8) is 0 Å². The van der Waals surface area contributed by atoms with Crippen LogP contribution < -0.4 is 5.32 Å². The first-order valence-electron chi connectivity index (χ1n) is 9.77. The number of nitrogens with zero attached hydrogens (tertiary/aromatic N) is 4. The van der Waals surface area contributed by atoms with Gasteiger partial charge in [-0.15, -0.1) is 0 Å². The molecule has 1 fully saturated rings.